The van der Waals surface area contributed by atoms with Crippen LogP contribution in [0.3, 0.4) is 0 Å². The van der Waals surface area contributed by atoms with Crippen molar-refractivity contribution in [2.75, 3.05) is 12.3 Å². The van der Waals surface area contributed by atoms with E-state index < -0.39 is 60.8 Å². The second kappa shape index (κ2) is 13.2. The summed E-state index contributed by atoms with van der Waals surface area (Å²) in [6.07, 6.45) is -0.494. The maximum Gasteiger partial charge on any atom is 0.326 e. The third-order valence-electron chi connectivity index (χ3n) is 4.15. The van der Waals surface area contributed by atoms with Gasteiger partial charge in [-0.15, -0.1) is 0 Å². The van der Waals surface area contributed by atoms with Gasteiger partial charge in [-0.2, -0.15) is 12.6 Å². The first-order chi connectivity index (χ1) is 14.6. The molecular formula is C19H26N4O7S. The Morgan fingerprint density at radius 3 is 2.16 bits per heavy atom. The second-order valence-corrected chi connectivity index (χ2v) is 7.01. The Bertz CT molecular complexity index is 791. The molecular weight excluding hydrogens is 428 g/mol. The van der Waals surface area contributed by atoms with Gasteiger partial charge in [0.05, 0.1) is 12.6 Å². The zero-order chi connectivity index (χ0) is 23.4. The monoisotopic (exact) mass is 454 g/mol. The van der Waals surface area contributed by atoms with Crippen LogP contribution < -0.4 is 21.7 Å². The fraction of sp³-hybridized carbons (Fsp3) is 0.421. The highest BCUT2D eigenvalue weighted by atomic mass is 32.1. The first-order valence-corrected chi connectivity index (χ1v) is 9.99. The van der Waals surface area contributed by atoms with Gasteiger partial charge in [-0.3, -0.25) is 19.2 Å². The van der Waals surface area contributed by atoms with Gasteiger partial charge in [-0.25, -0.2) is 4.79 Å². The molecule has 12 heteroatoms. The molecule has 1 aromatic carbocycles. The van der Waals surface area contributed by atoms with E-state index in [1.54, 1.807) is 0 Å². The lowest BCUT2D eigenvalue weighted by atomic mass is 10.1. The number of carboxylic acids is 2. The number of nitrogens with two attached hydrogens (primary N) is 1. The Morgan fingerprint density at radius 1 is 0.968 bits per heavy atom. The Morgan fingerprint density at radius 2 is 1.61 bits per heavy atom. The average molecular weight is 455 g/mol. The van der Waals surface area contributed by atoms with E-state index in [9.17, 15) is 24.0 Å². The summed E-state index contributed by atoms with van der Waals surface area (Å²) in [6.45, 7) is -0.444. The molecule has 0 aliphatic heterocycles. The van der Waals surface area contributed by atoms with Crippen molar-refractivity contribution in [2.45, 2.75) is 37.4 Å². The van der Waals surface area contributed by atoms with Crippen molar-refractivity contribution < 1.29 is 34.2 Å². The predicted octanol–water partition coefficient (Wildman–Crippen LogP) is -1.48. The van der Waals surface area contributed by atoms with Crippen molar-refractivity contribution in [3.63, 3.8) is 0 Å². The van der Waals surface area contributed by atoms with Gasteiger partial charge in [-0.1, -0.05) is 30.3 Å². The van der Waals surface area contributed by atoms with Crippen LogP contribution in [0.2, 0.25) is 0 Å². The molecule has 0 heterocycles. The number of carboxylic acid groups (broad SMARTS) is 2. The second-order valence-electron chi connectivity index (χ2n) is 6.65. The molecule has 31 heavy (non-hydrogen) atoms. The van der Waals surface area contributed by atoms with E-state index >= 15 is 0 Å². The van der Waals surface area contributed by atoms with Crippen LogP contribution in [-0.2, 0) is 30.4 Å². The molecule has 1 rings (SSSR count). The molecule has 0 aromatic heterocycles. The smallest absolute Gasteiger partial charge is 0.326 e. The highest BCUT2D eigenvalue weighted by Gasteiger charge is 2.26. The molecule has 3 unspecified atom stereocenters. The lowest BCUT2D eigenvalue weighted by Crippen LogP contribution is -2.54. The van der Waals surface area contributed by atoms with Crippen molar-refractivity contribution >= 4 is 42.3 Å². The van der Waals surface area contributed by atoms with Crippen LogP contribution in [0.1, 0.15) is 18.4 Å². The van der Waals surface area contributed by atoms with Crippen LogP contribution in [-0.4, -0.2) is 70.3 Å². The molecule has 0 aliphatic carbocycles. The van der Waals surface area contributed by atoms with Gasteiger partial charge in [0.25, 0.3) is 0 Å². The van der Waals surface area contributed by atoms with Crippen LogP contribution in [0.15, 0.2) is 30.3 Å². The molecule has 3 amide bonds. The summed E-state index contributed by atoms with van der Waals surface area (Å²) >= 11 is 3.96. The molecule has 0 bridgehead atoms. The van der Waals surface area contributed by atoms with E-state index in [0.717, 1.165) is 5.56 Å². The Hall–Kier alpha value is -3.12. The lowest BCUT2D eigenvalue weighted by molar-refractivity contribution is -0.143. The molecule has 0 spiro atoms. The molecule has 0 saturated heterocycles. The van der Waals surface area contributed by atoms with Crippen molar-refractivity contribution in [1.29, 1.82) is 0 Å². The number of hydrogen-bond donors (Lipinski definition) is 7. The van der Waals surface area contributed by atoms with E-state index in [1.165, 1.54) is 0 Å². The number of carbonyl (C=O) groups is 5. The number of nitrogens with one attached hydrogen (secondary N) is 3. The molecule has 0 saturated carbocycles. The van der Waals surface area contributed by atoms with Crippen molar-refractivity contribution in [3.8, 4) is 0 Å². The minimum Gasteiger partial charge on any atom is -0.481 e. The normalized spacial score (nSPS) is 13.4. The molecule has 3 atom stereocenters. The minimum absolute atomic E-state index is 0.149. The summed E-state index contributed by atoms with van der Waals surface area (Å²) in [5, 5.41) is 24.6. The molecule has 0 radical (unpaired) electrons. The molecule has 170 valence electrons. The van der Waals surface area contributed by atoms with Gasteiger partial charge in [-0.05, 0) is 18.4 Å². The zero-order valence-electron chi connectivity index (χ0n) is 16.6. The van der Waals surface area contributed by atoms with Crippen LogP contribution >= 0.6 is 12.6 Å². The van der Waals surface area contributed by atoms with E-state index in [1.807, 2.05) is 30.3 Å². The summed E-state index contributed by atoms with van der Waals surface area (Å²) in [5.74, 6) is -4.85. The maximum atomic E-state index is 12.2. The minimum atomic E-state index is -1.43. The van der Waals surface area contributed by atoms with Gasteiger partial charge in [0.1, 0.15) is 12.1 Å². The van der Waals surface area contributed by atoms with Crippen molar-refractivity contribution in [1.82, 2.24) is 16.0 Å². The summed E-state index contributed by atoms with van der Waals surface area (Å²) in [6, 6.07) is 5.60. The molecule has 1 aromatic rings. The lowest BCUT2D eigenvalue weighted by Gasteiger charge is -2.20. The third kappa shape index (κ3) is 9.96. The Labute approximate surface area is 184 Å². The summed E-state index contributed by atoms with van der Waals surface area (Å²) in [4.78, 5) is 58.1. The van der Waals surface area contributed by atoms with Crippen molar-refractivity contribution in [3.05, 3.63) is 35.9 Å². The standard InChI is InChI=1S/C19H26N4O7S/c20-12(8-11-4-2-1-3-5-11)17(27)21-9-15(24)22-14(10-31)18(28)23-13(19(29)30)6-7-16(25)26/h1-5,12-14,31H,6-10,20H2,(H,21,27)(H,22,24)(H,23,28)(H,25,26)(H,29,30). The van der Waals surface area contributed by atoms with Crippen LogP contribution in [0.25, 0.3) is 0 Å². The maximum absolute atomic E-state index is 12.2. The number of rotatable bonds is 13. The predicted molar refractivity (Wildman–Crippen MR) is 113 cm³/mol. The van der Waals surface area contributed by atoms with Crippen LogP contribution in [0.5, 0.6) is 0 Å². The number of carbonyl (C=O) groups excluding carboxylic acids is 3. The van der Waals surface area contributed by atoms with Crippen molar-refractivity contribution in [2.24, 2.45) is 5.73 Å². The van der Waals surface area contributed by atoms with Crippen LogP contribution in [0.4, 0.5) is 0 Å². The molecule has 0 fully saturated rings. The Balaban J connectivity index is 2.51. The summed E-state index contributed by atoms with van der Waals surface area (Å²) in [5.41, 5.74) is 6.69. The number of hydrogen-bond acceptors (Lipinski definition) is 7. The van der Waals surface area contributed by atoms with E-state index in [4.69, 9.17) is 15.9 Å². The first kappa shape index (κ1) is 25.9. The quantitative estimate of drug-likeness (QED) is 0.176. The van der Waals surface area contributed by atoms with Crippen LogP contribution in [0, 0.1) is 0 Å². The first-order valence-electron chi connectivity index (χ1n) is 9.36. The number of amides is 3. The third-order valence-corrected chi connectivity index (χ3v) is 4.52. The average Bonchev–Trinajstić information content (AvgIpc) is 2.73. The Kier molecular flexibility index (Phi) is 11.1. The van der Waals surface area contributed by atoms with E-state index in [-0.39, 0.29) is 18.6 Å². The SMILES string of the molecule is NC(Cc1ccccc1)C(=O)NCC(=O)NC(CS)C(=O)NC(CCC(=O)O)C(=O)O. The fourth-order valence-electron chi connectivity index (χ4n) is 2.50. The topological polar surface area (TPSA) is 188 Å². The van der Waals surface area contributed by atoms with Gasteiger partial charge < -0.3 is 31.9 Å². The van der Waals surface area contributed by atoms with E-state index in [0.29, 0.717) is 0 Å². The molecule has 11 nitrogen and oxygen atoms in total. The molecule has 7 N–H and O–H groups in total. The zero-order valence-corrected chi connectivity index (χ0v) is 17.5. The number of aliphatic carboxylic acids is 2. The van der Waals surface area contributed by atoms with Gasteiger partial charge in [0, 0.05) is 12.2 Å². The number of thiol groups is 1. The highest BCUT2D eigenvalue weighted by Crippen LogP contribution is 2.02. The van der Waals surface area contributed by atoms with Gasteiger partial charge in [0.15, 0.2) is 0 Å². The summed E-state index contributed by atoms with van der Waals surface area (Å²) in [7, 11) is 0. The van der Waals surface area contributed by atoms with Gasteiger partial charge in [0.2, 0.25) is 17.7 Å². The fourth-order valence-corrected chi connectivity index (χ4v) is 2.75. The number of benzene rings is 1. The highest BCUT2D eigenvalue weighted by molar-refractivity contribution is 7.80. The molecule has 0 aliphatic rings. The van der Waals surface area contributed by atoms with E-state index in [2.05, 4.69) is 28.6 Å². The largest absolute Gasteiger partial charge is 0.481 e. The van der Waals surface area contributed by atoms with Gasteiger partial charge >= 0.3 is 11.9 Å². The summed E-state index contributed by atoms with van der Waals surface area (Å²) < 4.78 is 0.